The average Bonchev–Trinajstić information content (AvgIpc) is 2.59. The molecule has 0 saturated carbocycles. The van der Waals surface area contributed by atoms with Gasteiger partial charge in [-0.05, 0) is 43.3 Å². The Hall–Kier alpha value is -2.60. The maximum Gasteiger partial charge on any atom is 0.316 e. The summed E-state index contributed by atoms with van der Waals surface area (Å²) in [5, 5.41) is 2.60. The van der Waals surface area contributed by atoms with Crippen LogP contribution in [0.5, 0.6) is 0 Å². The second kappa shape index (κ2) is 8.88. The lowest BCUT2D eigenvalue weighted by Crippen LogP contribution is -2.21. The second-order valence-corrected chi connectivity index (χ2v) is 5.99. The number of hydrogen-bond donors (Lipinski definition) is 1. The average molecular weight is 343 g/mol. The van der Waals surface area contributed by atoms with E-state index in [4.69, 9.17) is 4.74 Å². The van der Waals surface area contributed by atoms with Gasteiger partial charge in [0, 0.05) is 16.1 Å². The van der Waals surface area contributed by atoms with Gasteiger partial charge in [-0.15, -0.1) is 11.8 Å². The number of rotatable bonds is 7. The zero-order valence-electron chi connectivity index (χ0n) is 13.2. The number of ether oxygens (including phenoxy) is 1. The monoisotopic (exact) mass is 343 g/mol. The molecule has 0 aliphatic carbocycles. The molecule has 2 rings (SSSR count). The summed E-state index contributed by atoms with van der Waals surface area (Å²) in [4.78, 5) is 35.5. The molecule has 0 bridgehead atoms. The number of esters is 1. The van der Waals surface area contributed by atoms with Crippen LogP contribution in [0.15, 0.2) is 59.5 Å². The Balaban J connectivity index is 1.72. The van der Waals surface area contributed by atoms with Crippen LogP contribution in [0.25, 0.3) is 0 Å². The Bertz CT molecular complexity index is 714. The Morgan fingerprint density at radius 1 is 1.00 bits per heavy atom. The fourth-order valence-corrected chi connectivity index (χ4v) is 2.55. The first-order valence-electron chi connectivity index (χ1n) is 7.29. The van der Waals surface area contributed by atoms with Crippen molar-refractivity contribution in [3.8, 4) is 0 Å². The van der Waals surface area contributed by atoms with E-state index in [1.807, 2.05) is 30.3 Å². The van der Waals surface area contributed by atoms with Crippen molar-refractivity contribution in [2.75, 3.05) is 17.7 Å². The first-order chi connectivity index (χ1) is 11.5. The molecule has 0 aliphatic rings. The Kier molecular flexibility index (Phi) is 6.57. The van der Waals surface area contributed by atoms with Gasteiger partial charge in [0.25, 0.3) is 5.91 Å². The summed E-state index contributed by atoms with van der Waals surface area (Å²) in [6.07, 6.45) is 0. The third kappa shape index (κ3) is 5.89. The summed E-state index contributed by atoms with van der Waals surface area (Å²) in [7, 11) is 0. The standard InChI is InChI=1S/C18H17NO4S/c1-13(20)14-7-9-15(10-8-14)19-17(21)11-23-18(22)12-24-16-5-3-2-4-6-16/h2-10H,11-12H2,1H3,(H,19,21). The van der Waals surface area contributed by atoms with Gasteiger partial charge in [0.2, 0.25) is 0 Å². The molecule has 2 aromatic carbocycles. The van der Waals surface area contributed by atoms with Crippen molar-refractivity contribution in [1.29, 1.82) is 0 Å². The normalized spacial score (nSPS) is 10.0. The first kappa shape index (κ1) is 17.7. The minimum atomic E-state index is -0.453. The number of Topliss-reactive ketones (excluding diaryl/α,β-unsaturated/α-hetero) is 1. The van der Waals surface area contributed by atoms with E-state index in [0.29, 0.717) is 11.3 Å². The summed E-state index contributed by atoms with van der Waals surface area (Å²) in [5.74, 6) is -0.780. The van der Waals surface area contributed by atoms with E-state index < -0.39 is 11.9 Å². The number of carbonyl (C=O) groups excluding carboxylic acids is 3. The van der Waals surface area contributed by atoms with Crippen molar-refractivity contribution in [3.05, 3.63) is 60.2 Å². The highest BCUT2D eigenvalue weighted by atomic mass is 32.2. The minimum absolute atomic E-state index is 0.0438. The van der Waals surface area contributed by atoms with Gasteiger partial charge in [-0.25, -0.2) is 0 Å². The molecular weight excluding hydrogens is 326 g/mol. The van der Waals surface area contributed by atoms with E-state index in [9.17, 15) is 14.4 Å². The number of thioether (sulfide) groups is 1. The van der Waals surface area contributed by atoms with E-state index in [1.54, 1.807) is 24.3 Å². The molecule has 0 heterocycles. The summed E-state index contributed by atoms with van der Waals surface area (Å²) < 4.78 is 4.93. The van der Waals surface area contributed by atoms with Crippen LogP contribution in [0.3, 0.4) is 0 Å². The molecule has 0 fully saturated rings. The van der Waals surface area contributed by atoms with E-state index in [0.717, 1.165) is 4.90 Å². The van der Waals surface area contributed by atoms with E-state index in [1.165, 1.54) is 18.7 Å². The second-order valence-electron chi connectivity index (χ2n) is 4.94. The third-order valence-electron chi connectivity index (χ3n) is 3.04. The summed E-state index contributed by atoms with van der Waals surface area (Å²) in [5.41, 5.74) is 1.11. The highest BCUT2D eigenvalue weighted by molar-refractivity contribution is 8.00. The molecular formula is C18H17NO4S. The molecule has 0 unspecified atom stereocenters. The van der Waals surface area contributed by atoms with Gasteiger partial charge in [0.1, 0.15) is 0 Å². The number of ketones is 1. The summed E-state index contributed by atoms with van der Waals surface area (Å²) >= 11 is 1.35. The highest BCUT2D eigenvalue weighted by Crippen LogP contribution is 2.16. The summed E-state index contributed by atoms with van der Waals surface area (Å²) in [6, 6.07) is 16.0. The van der Waals surface area contributed by atoms with Crippen LogP contribution in [-0.2, 0) is 14.3 Å². The Morgan fingerprint density at radius 3 is 2.29 bits per heavy atom. The lowest BCUT2D eigenvalue weighted by Gasteiger charge is -2.07. The first-order valence-corrected chi connectivity index (χ1v) is 8.27. The Morgan fingerprint density at radius 2 is 1.67 bits per heavy atom. The van der Waals surface area contributed by atoms with E-state index in [-0.39, 0.29) is 18.1 Å². The predicted molar refractivity (Wildman–Crippen MR) is 93.2 cm³/mol. The lowest BCUT2D eigenvalue weighted by atomic mass is 10.1. The van der Waals surface area contributed by atoms with E-state index >= 15 is 0 Å². The number of hydrogen-bond acceptors (Lipinski definition) is 5. The molecule has 2 aromatic rings. The van der Waals surface area contributed by atoms with Crippen LogP contribution in [-0.4, -0.2) is 30.0 Å². The number of amides is 1. The number of nitrogens with one attached hydrogen (secondary N) is 1. The fraction of sp³-hybridized carbons (Fsp3) is 0.167. The molecule has 0 radical (unpaired) electrons. The highest BCUT2D eigenvalue weighted by Gasteiger charge is 2.09. The van der Waals surface area contributed by atoms with E-state index in [2.05, 4.69) is 5.32 Å². The van der Waals surface area contributed by atoms with Crippen molar-refractivity contribution in [1.82, 2.24) is 0 Å². The van der Waals surface area contributed by atoms with Gasteiger partial charge in [-0.1, -0.05) is 18.2 Å². The smallest absolute Gasteiger partial charge is 0.316 e. The molecule has 0 aliphatic heterocycles. The van der Waals surface area contributed by atoms with Crippen LogP contribution >= 0.6 is 11.8 Å². The quantitative estimate of drug-likeness (QED) is 0.475. The SMILES string of the molecule is CC(=O)c1ccc(NC(=O)COC(=O)CSc2ccccc2)cc1. The van der Waals surface area contributed by atoms with Crippen molar-refractivity contribution < 1.29 is 19.1 Å². The van der Waals surface area contributed by atoms with Crippen molar-refractivity contribution in [2.45, 2.75) is 11.8 Å². The maximum absolute atomic E-state index is 11.7. The topological polar surface area (TPSA) is 72.5 Å². The predicted octanol–water partition coefficient (Wildman–Crippen LogP) is 3.16. The Labute approximate surface area is 144 Å². The van der Waals surface area contributed by atoms with Gasteiger partial charge in [-0.2, -0.15) is 0 Å². The molecule has 124 valence electrons. The molecule has 1 N–H and O–H groups in total. The molecule has 0 aromatic heterocycles. The summed E-state index contributed by atoms with van der Waals surface area (Å²) in [6.45, 7) is 1.13. The minimum Gasteiger partial charge on any atom is -0.455 e. The molecule has 0 spiro atoms. The number of benzene rings is 2. The van der Waals surface area contributed by atoms with Crippen molar-refractivity contribution >= 4 is 35.1 Å². The van der Waals surface area contributed by atoms with Crippen LogP contribution in [0.2, 0.25) is 0 Å². The largest absolute Gasteiger partial charge is 0.455 e. The lowest BCUT2D eigenvalue weighted by molar-refractivity contribution is -0.144. The van der Waals surface area contributed by atoms with Crippen molar-refractivity contribution in [3.63, 3.8) is 0 Å². The van der Waals surface area contributed by atoms with Gasteiger partial charge >= 0.3 is 5.97 Å². The third-order valence-corrected chi connectivity index (χ3v) is 4.02. The molecule has 5 nitrogen and oxygen atoms in total. The molecule has 1 amide bonds. The van der Waals surface area contributed by atoms with Crippen LogP contribution in [0.1, 0.15) is 17.3 Å². The molecule has 0 atom stereocenters. The van der Waals surface area contributed by atoms with Gasteiger partial charge < -0.3 is 10.1 Å². The zero-order chi connectivity index (χ0) is 17.4. The molecule has 24 heavy (non-hydrogen) atoms. The fourth-order valence-electron chi connectivity index (χ4n) is 1.83. The van der Waals surface area contributed by atoms with Crippen LogP contribution in [0.4, 0.5) is 5.69 Å². The van der Waals surface area contributed by atoms with Crippen LogP contribution < -0.4 is 5.32 Å². The number of carbonyl (C=O) groups is 3. The van der Waals surface area contributed by atoms with Gasteiger partial charge in [-0.3, -0.25) is 14.4 Å². The van der Waals surface area contributed by atoms with Gasteiger partial charge in [0.15, 0.2) is 12.4 Å². The maximum atomic E-state index is 11.7. The molecule has 0 saturated heterocycles. The number of anilines is 1. The molecule has 6 heteroatoms. The zero-order valence-corrected chi connectivity index (χ0v) is 14.0. The van der Waals surface area contributed by atoms with Crippen molar-refractivity contribution in [2.24, 2.45) is 0 Å². The van der Waals surface area contributed by atoms with Gasteiger partial charge in [0.05, 0.1) is 5.75 Å². The van der Waals surface area contributed by atoms with Crippen LogP contribution in [0, 0.1) is 0 Å².